The summed E-state index contributed by atoms with van der Waals surface area (Å²) in [6.07, 6.45) is 8.67. The summed E-state index contributed by atoms with van der Waals surface area (Å²) in [4.78, 5) is 12.2. The van der Waals surface area contributed by atoms with Crippen LogP contribution in [0.1, 0.15) is 58.8 Å². The molecule has 0 aromatic heterocycles. The molecule has 1 aliphatic heterocycles. The Labute approximate surface area is 116 Å². The summed E-state index contributed by atoms with van der Waals surface area (Å²) in [7, 11) is 0. The molecular formula is C16H26O3. The number of allylic oxidation sites excluding steroid dienone is 1. The Morgan fingerprint density at radius 2 is 2.26 bits per heavy atom. The van der Waals surface area contributed by atoms with Gasteiger partial charge in [-0.2, -0.15) is 0 Å². The SMILES string of the molecule is C=CCC12CCCC1(OC(=O)C(C)CCC)OCC2. The Morgan fingerprint density at radius 3 is 2.95 bits per heavy atom. The minimum absolute atomic E-state index is 0.0175. The van der Waals surface area contributed by atoms with E-state index in [2.05, 4.69) is 13.5 Å². The van der Waals surface area contributed by atoms with Crippen molar-refractivity contribution >= 4 is 5.97 Å². The first kappa shape index (κ1) is 14.6. The van der Waals surface area contributed by atoms with Crippen LogP contribution >= 0.6 is 0 Å². The van der Waals surface area contributed by atoms with Crippen LogP contribution in [0.2, 0.25) is 0 Å². The number of fused-ring (bicyclic) bond motifs is 1. The van der Waals surface area contributed by atoms with Crippen LogP contribution in [0.15, 0.2) is 12.7 Å². The molecule has 3 unspecified atom stereocenters. The second-order valence-electron chi connectivity index (χ2n) is 6.09. The van der Waals surface area contributed by atoms with Crippen LogP contribution in [0.25, 0.3) is 0 Å². The van der Waals surface area contributed by atoms with Crippen molar-refractivity contribution in [3.8, 4) is 0 Å². The topological polar surface area (TPSA) is 35.5 Å². The van der Waals surface area contributed by atoms with Crippen LogP contribution in [0, 0.1) is 11.3 Å². The molecule has 3 nitrogen and oxygen atoms in total. The molecule has 1 saturated carbocycles. The van der Waals surface area contributed by atoms with E-state index < -0.39 is 5.79 Å². The van der Waals surface area contributed by atoms with Gasteiger partial charge < -0.3 is 9.47 Å². The highest BCUT2D eigenvalue weighted by atomic mass is 16.7. The molecule has 2 rings (SSSR count). The molecule has 0 radical (unpaired) electrons. The molecule has 0 aromatic carbocycles. The Kier molecular flexibility index (Phi) is 4.34. The molecule has 19 heavy (non-hydrogen) atoms. The molecule has 0 amide bonds. The molecule has 108 valence electrons. The number of esters is 1. The first-order valence-corrected chi connectivity index (χ1v) is 7.57. The second kappa shape index (κ2) is 5.66. The maximum absolute atomic E-state index is 12.2. The predicted molar refractivity (Wildman–Crippen MR) is 74.6 cm³/mol. The third-order valence-electron chi connectivity index (χ3n) is 4.81. The van der Waals surface area contributed by atoms with Crippen molar-refractivity contribution in [1.82, 2.24) is 0 Å². The van der Waals surface area contributed by atoms with E-state index in [1.165, 1.54) is 0 Å². The largest absolute Gasteiger partial charge is 0.432 e. The van der Waals surface area contributed by atoms with E-state index in [9.17, 15) is 4.79 Å². The van der Waals surface area contributed by atoms with Gasteiger partial charge in [-0.1, -0.05) is 26.3 Å². The van der Waals surface area contributed by atoms with Crippen molar-refractivity contribution in [3.63, 3.8) is 0 Å². The number of ether oxygens (including phenoxy) is 2. The quantitative estimate of drug-likeness (QED) is 0.541. The average Bonchev–Trinajstić information content (AvgIpc) is 2.84. The zero-order chi connectivity index (χ0) is 13.9. The summed E-state index contributed by atoms with van der Waals surface area (Å²) in [5.41, 5.74) is -0.0175. The Bertz CT molecular complexity index is 338. The molecule has 3 heteroatoms. The zero-order valence-electron chi connectivity index (χ0n) is 12.2. The molecule has 2 aliphatic rings. The van der Waals surface area contributed by atoms with Gasteiger partial charge in [0.25, 0.3) is 0 Å². The predicted octanol–water partition coefficient (Wildman–Crippen LogP) is 3.83. The van der Waals surface area contributed by atoms with Gasteiger partial charge in [0.15, 0.2) is 0 Å². The molecular weight excluding hydrogens is 240 g/mol. The summed E-state index contributed by atoms with van der Waals surface area (Å²) in [6, 6.07) is 0. The Hall–Kier alpha value is -0.830. The summed E-state index contributed by atoms with van der Waals surface area (Å²) in [5.74, 6) is -0.801. The van der Waals surface area contributed by atoms with E-state index in [1.54, 1.807) is 0 Å². The van der Waals surface area contributed by atoms with Crippen LogP contribution < -0.4 is 0 Å². The number of carbonyl (C=O) groups is 1. The molecule has 1 heterocycles. The average molecular weight is 266 g/mol. The lowest BCUT2D eigenvalue weighted by molar-refractivity contribution is -0.242. The zero-order valence-corrected chi connectivity index (χ0v) is 12.2. The number of carbonyl (C=O) groups excluding carboxylic acids is 1. The van der Waals surface area contributed by atoms with Gasteiger partial charge in [0.1, 0.15) is 0 Å². The fourth-order valence-electron chi connectivity index (χ4n) is 3.71. The van der Waals surface area contributed by atoms with Gasteiger partial charge in [-0.3, -0.25) is 4.79 Å². The molecule has 1 saturated heterocycles. The molecule has 0 spiro atoms. The molecule has 0 aromatic rings. The van der Waals surface area contributed by atoms with Crippen molar-refractivity contribution in [3.05, 3.63) is 12.7 Å². The Balaban J connectivity index is 2.12. The summed E-state index contributed by atoms with van der Waals surface area (Å²) < 4.78 is 11.8. The van der Waals surface area contributed by atoms with E-state index in [-0.39, 0.29) is 17.3 Å². The highest BCUT2D eigenvalue weighted by molar-refractivity contribution is 5.72. The van der Waals surface area contributed by atoms with Crippen molar-refractivity contribution in [2.75, 3.05) is 6.61 Å². The standard InChI is InChI=1S/C16H26O3/c1-4-7-13(3)14(17)19-16-10-6-9-15(16,8-5-2)11-12-18-16/h5,13H,2,4,6-12H2,1,3H3. The maximum Gasteiger partial charge on any atom is 0.311 e. The summed E-state index contributed by atoms with van der Waals surface area (Å²) in [5, 5.41) is 0. The van der Waals surface area contributed by atoms with Crippen LogP contribution in [-0.4, -0.2) is 18.4 Å². The Morgan fingerprint density at radius 1 is 1.47 bits per heavy atom. The lowest BCUT2D eigenvalue weighted by atomic mass is 9.77. The normalized spacial score (nSPS) is 34.8. The monoisotopic (exact) mass is 266 g/mol. The number of hydrogen-bond acceptors (Lipinski definition) is 3. The maximum atomic E-state index is 12.2. The van der Waals surface area contributed by atoms with E-state index >= 15 is 0 Å². The van der Waals surface area contributed by atoms with Crippen LogP contribution in [-0.2, 0) is 14.3 Å². The number of rotatable bonds is 6. The third kappa shape index (κ3) is 2.45. The van der Waals surface area contributed by atoms with Gasteiger partial charge in [0.05, 0.1) is 12.5 Å². The highest BCUT2D eigenvalue weighted by Gasteiger charge is 2.61. The van der Waals surface area contributed by atoms with E-state index in [4.69, 9.17) is 9.47 Å². The summed E-state index contributed by atoms with van der Waals surface area (Å²) in [6.45, 7) is 8.59. The molecule has 2 fully saturated rings. The van der Waals surface area contributed by atoms with Crippen molar-refractivity contribution in [2.24, 2.45) is 11.3 Å². The van der Waals surface area contributed by atoms with Gasteiger partial charge in [-0.05, 0) is 32.1 Å². The summed E-state index contributed by atoms with van der Waals surface area (Å²) >= 11 is 0. The lowest BCUT2D eigenvalue weighted by Crippen LogP contribution is -2.45. The fourth-order valence-corrected chi connectivity index (χ4v) is 3.71. The number of hydrogen-bond donors (Lipinski definition) is 0. The van der Waals surface area contributed by atoms with Gasteiger partial charge in [0, 0.05) is 11.8 Å². The molecule has 3 atom stereocenters. The van der Waals surface area contributed by atoms with Gasteiger partial charge >= 0.3 is 5.97 Å². The van der Waals surface area contributed by atoms with Crippen molar-refractivity contribution in [1.29, 1.82) is 0 Å². The van der Waals surface area contributed by atoms with Gasteiger partial charge in [-0.25, -0.2) is 0 Å². The second-order valence-corrected chi connectivity index (χ2v) is 6.09. The van der Waals surface area contributed by atoms with Gasteiger partial charge in [0.2, 0.25) is 5.79 Å². The first-order valence-electron chi connectivity index (χ1n) is 7.57. The first-order chi connectivity index (χ1) is 9.09. The highest BCUT2D eigenvalue weighted by Crippen LogP contribution is 2.58. The minimum atomic E-state index is -0.666. The smallest absolute Gasteiger partial charge is 0.311 e. The fraction of sp³-hybridized carbons (Fsp3) is 0.812. The van der Waals surface area contributed by atoms with E-state index in [0.717, 1.165) is 44.9 Å². The minimum Gasteiger partial charge on any atom is -0.432 e. The molecule has 0 bridgehead atoms. The van der Waals surface area contributed by atoms with Crippen LogP contribution in [0.4, 0.5) is 0 Å². The van der Waals surface area contributed by atoms with Crippen LogP contribution in [0.3, 0.4) is 0 Å². The van der Waals surface area contributed by atoms with Crippen LogP contribution in [0.5, 0.6) is 0 Å². The van der Waals surface area contributed by atoms with E-state index in [1.807, 2.05) is 13.0 Å². The third-order valence-corrected chi connectivity index (χ3v) is 4.81. The van der Waals surface area contributed by atoms with Crippen molar-refractivity contribution < 1.29 is 14.3 Å². The van der Waals surface area contributed by atoms with Crippen molar-refractivity contribution in [2.45, 2.75) is 64.6 Å². The molecule has 1 aliphatic carbocycles. The van der Waals surface area contributed by atoms with E-state index in [0.29, 0.717) is 6.61 Å². The molecule has 0 N–H and O–H groups in total. The lowest BCUT2D eigenvalue weighted by Gasteiger charge is -2.38. The van der Waals surface area contributed by atoms with Gasteiger partial charge in [-0.15, -0.1) is 6.58 Å².